The van der Waals surface area contributed by atoms with E-state index >= 15 is 0 Å². The zero-order valence-electron chi connectivity index (χ0n) is 13.3. The number of rotatable bonds is 5. The Morgan fingerprint density at radius 2 is 2.00 bits per heavy atom. The van der Waals surface area contributed by atoms with Crippen LogP contribution < -0.4 is 15.4 Å². The lowest BCUT2D eigenvalue weighted by molar-refractivity contribution is -0.117. The van der Waals surface area contributed by atoms with Crippen molar-refractivity contribution in [2.75, 3.05) is 19.5 Å². The van der Waals surface area contributed by atoms with Crippen LogP contribution in [0.3, 0.4) is 0 Å². The lowest BCUT2D eigenvalue weighted by Crippen LogP contribution is -2.47. The third kappa shape index (κ3) is 3.97. The number of hydrogen-bond donors (Lipinski definition) is 2. The third-order valence-corrected chi connectivity index (χ3v) is 4.52. The molecule has 0 unspecified atom stereocenters. The van der Waals surface area contributed by atoms with E-state index in [-0.39, 0.29) is 11.4 Å². The summed E-state index contributed by atoms with van der Waals surface area (Å²) in [6.07, 6.45) is 6.39. The minimum absolute atomic E-state index is 0.0240. The molecule has 0 heterocycles. The second kappa shape index (κ2) is 6.94. The average Bonchev–Trinajstić information content (AvgIpc) is 2.48. The molecule has 0 bridgehead atoms. The first-order chi connectivity index (χ1) is 10.1. The molecule has 1 saturated carbocycles. The van der Waals surface area contributed by atoms with Crippen LogP contribution in [0, 0.1) is 6.92 Å². The molecule has 1 amide bonds. The van der Waals surface area contributed by atoms with Crippen LogP contribution in [0.4, 0.5) is 5.69 Å². The van der Waals surface area contributed by atoms with E-state index in [1.165, 1.54) is 19.3 Å². The van der Waals surface area contributed by atoms with E-state index in [2.05, 4.69) is 10.6 Å². The van der Waals surface area contributed by atoms with E-state index in [1.54, 1.807) is 7.11 Å². The standard InChI is InChI=1S/C17H26N2O2/c1-13-11-14(7-8-15(13)21-3)19-16(20)12-17(18-2)9-5-4-6-10-17/h7-8,11,18H,4-6,9-10,12H2,1-3H3,(H,19,20). The minimum Gasteiger partial charge on any atom is -0.496 e. The van der Waals surface area contributed by atoms with E-state index < -0.39 is 0 Å². The van der Waals surface area contributed by atoms with Crippen molar-refractivity contribution in [2.24, 2.45) is 0 Å². The van der Waals surface area contributed by atoms with Crippen LogP contribution in [0.5, 0.6) is 5.75 Å². The number of amides is 1. The van der Waals surface area contributed by atoms with Gasteiger partial charge in [0.25, 0.3) is 0 Å². The summed E-state index contributed by atoms with van der Waals surface area (Å²) >= 11 is 0. The van der Waals surface area contributed by atoms with Crippen molar-refractivity contribution in [3.63, 3.8) is 0 Å². The maximum atomic E-state index is 12.3. The quantitative estimate of drug-likeness (QED) is 0.875. The zero-order valence-corrected chi connectivity index (χ0v) is 13.3. The molecule has 1 aromatic carbocycles. The van der Waals surface area contributed by atoms with E-state index in [0.717, 1.165) is 29.8 Å². The first-order valence-electron chi connectivity index (χ1n) is 7.72. The van der Waals surface area contributed by atoms with Gasteiger partial charge in [-0.3, -0.25) is 4.79 Å². The Labute approximate surface area is 127 Å². The first kappa shape index (κ1) is 15.8. The van der Waals surface area contributed by atoms with E-state index in [9.17, 15) is 4.79 Å². The molecule has 2 rings (SSSR count). The third-order valence-electron chi connectivity index (χ3n) is 4.52. The molecule has 116 valence electrons. The lowest BCUT2D eigenvalue weighted by Gasteiger charge is -2.36. The number of benzene rings is 1. The molecular formula is C17H26N2O2. The van der Waals surface area contributed by atoms with Gasteiger partial charge in [-0.1, -0.05) is 19.3 Å². The Kier molecular flexibility index (Phi) is 5.23. The number of carbonyl (C=O) groups is 1. The summed E-state index contributed by atoms with van der Waals surface area (Å²) in [5, 5.41) is 6.39. The van der Waals surface area contributed by atoms with Gasteiger partial charge in [0, 0.05) is 17.6 Å². The van der Waals surface area contributed by atoms with Crippen LogP contribution in [0.1, 0.15) is 44.1 Å². The van der Waals surface area contributed by atoms with Gasteiger partial charge < -0.3 is 15.4 Å². The van der Waals surface area contributed by atoms with Crippen molar-refractivity contribution in [3.05, 3.63) is 23.8 Å². The summed E-state index contributed by atoms with van der Waals surface area (Å²) in [5.74, 6) is 0.919. The molecule has 1 aromatic rings. The molecule has 21 heavy (non-hydrogen) atoms. The smallest absolute Gasteiger partial charge is 0.226 e. The molecular weight excluding hydrogens is 264 g/mol. The Morgan fingerprint density at radius 1 is 1.29 bits per heavy atom. The number of hydrogen-bond acceptors (Lipinski definition) is 3. The normalized spacial score (nSPS) is 17.3. The van der Waals surface area contributed by atoms with Crippen molar-refractivity contribution in [1.29, 1.82) is 0 Å². The highest BCUT2D eigenvalue weighted by Gasteiger charge is 2.32. The van der Waals surface area contributed by atoms with Gasteiger partial charge in [-0.15, -0.1) is 0 Å². The SMILES string of the molecule is CNC1(CC(=O)Nc2ccc(OC)c(C)c2)CCCCC1. The van der Waals surface area contributed by atoms with Crippen molar-refractivity contribution in [1.82, 2.24) is 5.32 Å². The van der Waals surface area contributed by atoms with Crippen molar-refractivity contribution >= 4 is 11.6 Å². The van der Waals surface area contributed by atoms with Gasteiger partial charge in [0.15, 0.2) is 0 Å². The summed E-state index contributed by atoms with van der Waals surface area (Å²) in [4.78, 5) is 12.3. The Bertz CT molecular complexity index is 494. The van der Waals surface area contributed by atoms with Gasteiger partial charge in [-0.25, -0.2) is 0 Å². The number of ether oxygens (including phenoxy) is 1. The molecule has 4 heteroatoms. The maximum Gasteiger partial charge on any atom is 0.226 e. The molecule has 0 radical (unpaired) electrons. The van der Waals surface area contributed by atoms with E-state index in [1.807, 2.05) is 32.2 Å². The van der Waals surface area contributed by atoms with Gasteiger partial charge in [-0.2, -0.15) is 0 Å². The molecule has 0 aromatic heterocycles. The molecule has 0 atom stereocenters. The molecule has 1 aliphatic carbocycles. The Hall–Kier alpha value is -1.55. The van der Waals surface area contributed by atoms with Gasteiger partial charge in [0.2, 0.25) is 5.91 Å². The monoisotopic (exact) mass is 290 g/mol. The fourth-order valence-corrected chi connectivity index (χ4v) is 3.21. The minimum atomic E-state index is -0.0240. The van der Waals surface area contributed by atoms with Gasteiger partial charge >= 0.3 is 0 Å². The van der Waals surface area contributed by atoms with E-state index in [4.69, 9.17) is 4.74 Å². The highest BCUT2D eigenvalue weighted by molar-refractivity contribution is 5.91. The average molecular weight is 290 g/mol. The molecule has 0 saturated heterocycles. The summed E-state index contributed by atoms with van der Waals surface area (Å²) in [7, 11) is 3.62. The molecule has 1 aliphatic rings. The fourth-order valence-electron chi connectivity index (χ4n) is 3.21. The van der Waals surface area contributed by atoms with Gasteiger partial charge in [-0.05, 0) is 50.6 Å². The van der Waals surface area contributed by atoms with Gasteiger partial charge in [0.1, 0.15) is 5.75 Å². The predicted molar refractivity (Wildman–Crippen MR) is 85.9 cm³/mol. The molecule has 4 nitrogen and oxygen atoms in total. The molecule has 2 N–H and O–H groups in total. The van der Waals surface area contributed by atoms with Crippen molar-refractivity contribution in [3.8, 4) is 5.75 Å². The summed E-state index contributed by atoms with van der Waals surface area (Å²) in [5.41, 5.74) is 1.83. The summed E-state index contributed by atoms with van der Waals surface area (Å²) < 4.78 is 5.24. The van der Waals surface area contributed by atoms with Crippen LogP contribution >= 0.6 is 0 Å². The van der Waals surface area contributed by atoms with Crippen LogP contribution in [-0.2, 0) is 4.79 Å². The van der Waals surface area contributed by atoms with Crippen molar-refractivity contribution < 1.29 is 9.53 Å². The second-order valence-electron chi connectivity index (χ2n) is 6.00. The highest BCUT2D eigenvalue weighted by atomic mass is 16.5. The largest absolute Gasteiger partial charge is 0.496 e. The lowest BCUT2D eigenvalue weighted by atomic mass is 9.79. The zero-order chi connectivity index (χ0) is 15.3. The van der Waals surface area contributed by atoms with Gasteiger partial charge in [0.05, 0.1) is 7.11 Å². The van der Waals surface area contributed by atoms with E-state index in [0.29, 0.717) is 6.42 Å². The number of nitrogens with one attached hydrogen (secondary N) is 2. The highest BCUT2D eigenvalue weighted by Crippen LogP contribution is 2.31. The van der Waals surface area contributed by atoms with Crippen LogP contribution in [0.15, 0.2) is 18.2 Å². The van der Waals surface area contributed by atoms with Crippen LogP contribution in [0.25, 0.3) is 0 Å². The molecule has 0 aliphatic heterocycles. The fraction of sp³-hybridized carbons (Fsp3) is 0.588. The second-order valence-corrected chi connectivity index (χ2v) is 6.00. The van der Waals surface area contributed by atoms with Crippen LogP contribution in [-0.4, -0.2) is 25.6 Å². The predicted octanol–water partition coefficient (Wildman–Crippen LogP) is 3.25. The first-order valence-corrected chi connectivity index (χ1v) is 7.72. The Balaban J connectivity index is 1.99. The van der Waals surface area contributed by atoms with Crippen molar-refractivity contribution in [2.45, 2.75) is 51.0 Å². The summed E-state index contributed by atoms with van der Waals surface area (Å²) in [6, 6.07) is 5.72. The number of anilines is 1. The summed E-state index contributed by atoms with van der Waals surface area (Å²) in [6.45, 7) is 1.98. The topological polar surface area (TPSA) is 50.4 Å². The van der Waals surface area contributed by atoms with Crippen LogP contribution in [0.2, 0.25) is 0 Å². The number of carbonyl (C=O) groups excluding carboxylic acids is 1. The Morgan fingerprint density at radius 3 is 2.57 bits per heavy atom. The maximum absolute atomic E-state index is 12.3. The number of aryl methyl sites for hydroxylation is 1. The number of methoxy groups -OCH3 is 1. The molecule has 1 fully saturated rings. The molecule has 0 spiro atoms.